The highest BCUT2D eigenvalue weighted by Crippen LogP contribution is 2.37. The number of pyridine rings is 1. The molecule has 0 saturated heterocycles. The summed E-state index contributed by atoms with van der Waals surface area (Å²) in [7, 11) is 0. The van der Waals surface area contributed by atoms with Gasteiger partial charge >= 0.3 is 0 Å². The summed E-state index contributed by atoms with van der Waals surface area (Å²) in [5.74, 6) is 0.409. The van der Waals surface area contributed by atoms with E-state index in [4.69, 9.17) is 0 Å². The Morgan fingerprint density at radius 1 is 1.23 bits per heavy atom. The minimum Gasteiger partial charge on any atom is -0.347 e. The standard InChI is InChI=1S/C15H16N4O3/c1-8-4-9(5-12(20)17-8)7-16-15(22)11-6-13(21)19-14(18-11)10-2-3-10/h4-6,10H,2-3,7H2,1H3,(H,16,22)(H,17,20)(H,18,19,21). The van der Waals surface area contributed by atoms with Crippen molar-refractivity contribution in [1.29, 1.82) is 0 Å². The van der Waals surface area contributed by atoms with E-state index < -0.39 is 5.91 Å². The van der Waals surface area contributed by atoms with Crippen LogP contribution in [0.4, 0.5) is 0 Å². The first-order valence-corrected chi connectivity index (χ1v) is 7.10. The zero-order valence-corrected chi connectivity index (χ0v) is 12.1. The number of carbonyl (C=O) groups excluding carboxylic acids is 1. The molecule has 2 aromatic rings. The molecule has 0 aromatic carbocycles. The molecule has 3 rings (SSSR count). The molecule has 0 atom stereocenters. The summed E-state index contributed by atoms with van der Waals surface area (Å²) in [6.07, 6.45) is 1.97. The Kier molecular flexibility index (Phi) is 3.62. The number of nitrogens with one attached hydrogen (secondary N) is 3. The van der Waals surface area contributed by atoms with Crippen molar-refractivity contribution in [1.82, 2.24) is 20.3 Å². The predicted molar refractivity (Wildman–Crippen MR) is 79.8 cm³/mol. The van der Waals surface area contributed by atoms with Crippen molar-refractivity contribution in [2.45, 2.75) is 32.2 Å². The van der Waals surface area contributed by atoms with Gasteiger partial charge in [0, 0.05) is 30.3 Å². The molecule has 114 valence electrons. The minimum atomic E-state index is -0.425. The molecule has 0 unspecified atom stereocenters. The van der Waals surface area contributed by atoms with Crippen LogP contribution in [0.15, 0.2) is 27.8 Å². The van der Waals surface area contributed by atoms with Crippen LogP contribution in [0.5, 0.6) is 0 Å². The van der Waals surface area contributed by atoms with E-state index in [0.717, 1.165) is 18.5 Å². The third-order valence-electron chi connectivity index (χ3n) is 3.45. The maximum absolute atomic E-state index is 12.1. The lowest BCUT2D eigenvalue weighted by atomic mass is 10.2. The lowest BCUT2D eigenvalue weighted by molar-refractivity contribution is 0.0945. The maximum atomic E-state index is 12.1. The highest BCUT2D eigenvalue weighted by atomic mass is 16.2. The molecule has 2 aromatic heterocycles. The molecule has 2 heterocycles. The lowest BCUT2D eigenvalue weighted by Crippen LogP contribution is -2.27. The van der Waals surface area contributed by atoms with Gasteiger partial charge in [0.15, 0.2) is 0 Å². The Balaban J connectivity index is 1.74. The quantitative estimate of drug-likeness (QED) is 0.767. The average Bonchev–Trinajstić information content (AvgIpc) is 3.27. The van der Waals surface area contributed by atoms with Crippen LogP contribution in [0.2, 0.25) is 0 Å². The fourth-order valence-corrected chi connectivity index (χ4v) is 2.27. The summed E-state index contributed by atoms with van der Waals surface area (Å²) in [5, 5.41) is 2.68. The second-order valence-electron chi connectivity index (χ2n) is 5.51. The van der Waals surface area contributed by atoms with Crippen LogP contribution in [-0.4, -0.2) is 20.9 Å². The molecule has 7 heteroatoms. The highest BCUT2D eigenvalue weighted by molar-refractivity contribution is 5.92. The molecular weight excluding hydrogens is 284 g/mol. The molecule has 0 bridgehead atoms. The normalized spacial score (nSPS) is 13.9. The van der Waals surface area contributed by atoms with Crippen LogP contribution in [0.3, 0.4) is 0 Å². The summed E-state index contributed by atoms with van der Waals surface area (Å²) in [5.41, 5.74) is 0.986. The number of amides is 1. The Labute approximate surface area is 125 Å². The molecule has 0 spiro atoms. The van der Waals surface area contributed by atoms with Gasteiger partial charge in [0.05, 0.1) is 0 Å². The average molecular weight is 300 g/mol. The monoisotopic (exact) mass is 300 g/mol. The van der Waals surface area contributed by atoms with Crippen molar-refractivity contribution in [2.75, 3.05) is 0 Å². The third kappa shape index (κ3) is 3.30. The van der Waals surface area contributed by atoms with Crippen LogP contribution in [0, 0.1) is 6.92 Å². The van der Waals surface area contributed by atoms with Gasteiger partial charge in [-0.3, -0.25) is 14.4 Å². The summed E-state index contributed by atoms with van der Waals surface area (Å²) in [6, 6.07) is 4.39. The van der Waals surface area contributed by atoms with E-state index >= 15 is 0 Å². The number of nitrogens with zero attached hydrogens (tertiary/aromatic N) is 1. The number of carbonyl (C=O) groups is 1. The number of hydrogen-bond acceptors (Lipinski definition) is 4. The number of rotatable bonds is 4. The zero-order valence-electron chi connectivity index (χ0n) is 12.1. The maximum Gasteiger partial charge on any atom is 0.270 e. The van der Waals surface area contributed by atoms with Gasteiger partial charge in [-0.15, -0.1) is 0 Å². The number of aryl methyl sites for hydroxylation is 1. The Hall–Kier alpha value is -2.70. The smallest absolute Gasteiger partial charge is 0.270 e. The van der Waals surface area contributed by atoms with Crippen LogP contribution < -0.4 is 16.4 Å². The summed E-state index contributed by atoms with van der Waals surface area (Å²) >= 11 is 0. The van der Waals surface area contributed by atoms with Crippen LogP contribution in [0.1, 0.15) is 46.3 Å². The first-order chi connectivity index (χ1) is 10.5. The van der Waals surface area contributed by atoms with Gasteiger partial charge in [-0.25, -0.2) is 4.98 Å². The molecule has 1 amide bonds. The molecule has 7 nitrogen and oxygen atoms in total. The van der Waals surface area contributed by atoms with E-state index in [0.29, 0.717) is 11.4 Å². The Morgan fingerprint density at radius 2 is 1.95 bits per heavy atom. The fourth-order valence-electron chi connectivity index (χ4n) is 2.27. The molecule has 1 saturated carbocycles. The van der Waals surface area contributed by atoms with Crippen molar-refractivity contribution in [3.8, 4) is 0 Å². The molecule has 1 aliphatic carbocycles. The fraction of sp³-hybridized carbons (Fsp3) is 0.333. The molecule has 1 aliphatic rings. The van der Waals surface area contributed by atoms with E-state index in [-0.39, 0.29) is 29.3 Å². The largest absolute Gasteiger partial charge is 0.347 e. The van der Waals surface area contributed by atoms with Gasteiger partial charge in [-0.1, -0.05) is 0 Å². The summed E-state index contributed by atoms with van der Waals surface area (Å²) in [4.78, 5) is 44.6. The van der Waals surface area contributed by atoms with E-state index in [9.17, 15) is 14.4 Å². The number of aromatic nitrogens is 3. The van der Waals surface area contributed by atoms with Crippen molar-refractivity contribution in [3.63, 3.8) is 0 Å². The van der Waals surface area contributed by atoms with Gasteiger partial charge < -0.3 is 15.3 Å². The molecule has 0 radical (unpaired) electrons. The van der Waals surface area contributed by atoms with Gasteiger partial charge in [0.25, 0.3) is 11.5 Å². The second kappa shape index (κ2) is 5.59. The van der Waals surface area contributed by atoms with Crippen LogP contribution in [0.25, 0.3) is 0 Å². The van der Waals surface area contributed by atoms with Gasteiger partial charge in [-0.05, 0) is 31.4 Å². The van der Waals surface area contributed by atoms with Crippen LogP contribution in [-0.2, 0) is 6.54 Å². The van der Waals surface area contributed by atoms with Crippen molar-refractivity contribution < 1.29 is 4.79 Å². The number of aromatic amines is 2. The van der Waals surface area contributed by atoms with Gasteiger partial charge in [-0.2, -0.15) is 0 Å². The van der Waals surface area contributed by atoms with E-state index in [2.05, 4.69) is 20.3 Å². The SMILES string of the molecule is Cc1cc(CNC(=O)c2cc(=O)[nH]c(C3CC3)n2)cc(=O)[nH]1. The van der Waals surface area contributed by atoms with Gasteiger partial charge in [0.1, 0.15) is 11.5 Å². The molecule has 3 N–H and O–H groups in total. The summed E-state index contributed by atoms with van der Waals surface area (Å²) in [6.45, 7) is 1.98. The minimum absolute atomic E-state index is 0.104. The molecule has 1 fully saturated rings. The molecular formula is C15H16N4O3. The Bertz CT molecular complexity index is 833. The van der Waals surface area contributed by atoms with Crippen molar-refractivity contribution in [2.24, 2.45) is 0 Å². The number of H-pyrrole nitrogens is 2. The topological polar surface area (TPSA) is 108 Å². The van der Waals surface area contributed by atoms with Crippen molar-refractivity contribution in [3.05, 3.63) is 61.7 Å². The van der Waals surface area contributed by atoms with Crippen molar-refractivity contribution >= 4 is 5.91 Å². The Morgan fingerprint density at radius 3 is 2.64 bits per heavy atom. The summed E-state index contributed by atoms with van der Waals surface area (Å²) < 4.78 is 0. The lowest BCUT2D eigenvalue weighted by Gasteiger charge is -2.06. The van der Waals surface area contributed by atoms with E-state index in [1.807, 2.05) is 0 Å². The molecule has 22 heavy (non-hydrogen) atoms. The third-order valence-corrected chi connectivity index (χ3v) is 3.45. The highest BCUT2D eigenvalue weighted by Gasteiger charge is 2.27. The predicted octanol–water partition coefficient (Wildman–Crippen LogP) is 0.574. The van der Waals surface area contributed by atoms with Gasteiger partial charge in [0.2, 0.25) is 5.56 Å². The zero-order chi connectivity index (χ0) is 15.7. The first kappa shape index (κ1) is 14.2. The van der Waals surface area contributed by atoms with E-state index in [1.54, 1.807) is 13.0 Å². The number of hydrogen-bond donors (Lipinski definition) is 3. The second-order valence-corrected chi connectivity index (χ2v) is 5.51. The van der Waals surface area contributed by atoms with Crippen LogP contribution >= 0.6 is 0 Å². The van der Waals surface area contributed by atoms with E-state index in [1.165, 1.54) is 12.1 Å². The molecule has 0 aliphatic heterocycles. The first-order valence-electron chi connectivity index (χ1n) is 7.10.